The highest BCUT2D eigenvalue weighted by Crippen LogP contribution is 2.03. The number of benzene rings is 1. The SMILES string of the molecule is N#Cc1ccc(CNC(=O)N2CCNCC2)cc1. The van der Waals surface area contributed by atoms with E-state index in [1.165, 1.54) is 0 Å². The Hall–Kier alpha value is -2.06. The van der Waals surface area contributed by atoms with Gasteiger partial charge in [-0.25, -0.2) is 4.79 Å². The topological polar surface area (TPSA) is 68.2 Å². The molecule has 0 aliphatic carbocycles. The van der Waals surface area contributed by atoms with Gasteiger partial charge in [-0.2, -0.15) is 5.26 Å². The van der Waals surface area contributed by atoms with Crippen LogP contribution in [0.3, 0.4) is 0 Å². The normalized spacial score (nSPS) is 14.9. The third-order valence-corrected chi connectivity index (χ3v) is 2.93. The molecule has 5 nitrogen and oxygen atoms in total. The summed E-state index contributed by atoms with van der Waals surface area (Å²) in [5.41, 5.74) is 1.63. The van der Waals surface area contributed by atoms with Crippen molar-refractivity contribution in [2.24, 2.45) is 0 Å². The lowest BCUT2D eigenvalue weighted by Crippen LogP contribution is -2.50. The van der Waals surface area contributed by atoms with Crippen LogP contribution in [0, 0.1) is 11.3 Å². The molecule has 1 heterocycles. The molecule has 94 valence electrons. The van der Waals surface area contributed by atoms with E-state index in [1.54, 1.807) is 17.0 Å². The molecule has 0 unspecified atom stereocenters. The highest BCUT2D eigenvalue weighted by molar-refractivity contribution is 5.74. The molecule has 0 spiro atoms. The molecule has 1 aliphatic rings. The Morgan fingerprint density at radius 1 is 1.33 bits per heavy atom. The van der Waals surface area contributed by atoms with Crippen LogP contribution in [0.15, 0.2) is 24.3 Å². The van der Waals surface area contributed by atoms with Crippen LogP contribution < -0.4 is 10.6 Å². The third kappa shape index (κ3) is 3.22. The van der Waals surface area contributed by atoms with Crippen LogP contribution >= 0.6 is 0 Å². The summed E-state index contributed by atoms with van der Waals surface area (Å²) >= 11 is 0. The molecule has 1 saturated heterocycles. The van der Waals surface area contributed by atoms with Gasteiger partial charge in [0.05, 0.1) is 11.6 Å². The van der Waals surface area contributed by atoms with E-state index in [9.17, 15) is 4.79 Å². The summed E-state index contributed by atoms with van der Waals surface area (Å²) in [4.78, 5) is 13.6. The number of hydrogen-bond donors (Lipinski definition) is 2. The lowest BCUT2D eigenvalue weighted by atomic mass is 10.1. The number of nitrogens with one attached hydrogen (secondary N) is 2. The van der Waals surface area contributed by atoms with Crippen LogP contribution in [-0.2, 0) is 6.54 Å². The minimum atomic E-state index is -0.0270. The molecule has 0 aromatic heterocycles. The standard InChI is InChI=1S/C13H16N4O/c14-9-11-1-3-12(4-2-11)10-16-13(18)17-7-5-15-6-8-17/h1-4,15H,5-8,10H2,(H,16,18). The third-order valence-electron chi connectivity index (χ3n) is 2.93. The molecule has 0 atom stereocenters. The van der Waals surface area contributed by atoms with Gasteiger partial charge in [-0.05, 0) is 17.7 Å². The summed E-state index contributed by atoms with van der Waals surface area (Å²) in [5.74, 6) is 0. The summed E-state index contributed by atoms with van der Waals surface area (Å²) in [6, 6.07) is 9.27. The number of hydrogen-bond acceptors (Lipinski definition) is 3. The molecule has 2 N–H and O–H groups in total. The fourth-order valence-corrected chi connectivity index (χ4v) is 1.85. The van der Waals surface area contributed by atoms with Gasteiger partial charge in [0.15, 0.2) is 0 Å². The van der Waals surface area contributed by atoms with E-state index in [0.29, 0.717) is 12.1 Å². The number of carbonyl (C=O) groups excluding carboxylic acids is 1. The summed E-state index contributed by atoms with van der Waals surface area (Å²) in [5, 5.41) is 14.8. The number of carbonyl (C=O) groups is 1. The molecule has 18 heavy (non-hydrogen) atoms. The van der Waals surface area contributed by atoms with Crippen molar-refractivity contribution >= 4 is 6.03 Å². The number of urea groups is 1. The molecule has 1 aliphatic heterocycles. The van der Waals surface area contributed by atoms with Crippen LogP contribution in [0.25, 0.3) is 0 Å². The second-order valence-electron chi connectivity index (χ2n) is 4.20. The lowest BCUT2D eigenvalue weighted by molar-refractivity contribution is 0.190. The Morgan fingerprint density at radius 2 is 2.00 bits per heavy atom. The molecule has 0 bridgehead atoms. The molecular formula is C13H16N4O. The van der Waals surface area contributed by atoms with Crippen LogP contribution in [0.1, 0.15) is 11.1 Å². The second-order valence-corrected chi connectivity index (χ2v) is 4.20. The van der Waals surface area contributed by atoms with E-state index in [2.05, 4.69) is 16.7 Å². The van der Waals surface area contributed by atoms with Crippen molar-refractivity contribution in [2.45, 2.75) is 6.54 Å². The highest BCUT2D eigenvalue weighted by atomic mass is 16.2. The Labute approximate surface area is 106 Å². The van der Waals surface area contributed by atoms with Crippen molar-refractivity contribution in [2.75, 3.05) is 26.2 Å². The Bertz CT molecular complexity index is 443. The molecule has 1 aromatic rings. The van der Waals surface area contributed by atoms with Gasteiger partial charge in [0.2, 0.25) is 0 Å². The molecule has 1 fully saturated rings. The van der Waals surface area contributed by atoms with Crippen molar-refractivity contribution in [1.82, 2.24) is 15.5 Å². The van der Waals surface area contributed by atoms with E-state index in [0.717, 1.165) is 31.7 Å². The second kappa shape index (κ2) is 6.03. The monoisotopic (exact) mass is 244 g/mol. The first-order valence-electron chi connectivity index (χ1n) is 6.02. The molecule has 2 rings (SSSR count). The first kappa shape index (κ1) is 12.4. The first-order chi connectivity index (χ1) is 8.79. The minimum Gasteiger partial charge on any atom is -0.334 e. The summed E-state index contributed by atoms with van der Waals surface area (Å²) in [6.07, 6.45) is 0. The zero-order chi connectivity index (χ0) is 12.8. The van der Waals surface area contributed by atoms with Gasteiger partial charge in [-0.1, -0.05) is 12.1 Å². The number of amides is 2. The zero-order valence-corrected chi connectivity index (χ0v) is 10.1. The van der Waals surface area contributed by atoms with E-state index < -0.39 is 0 Å². The molecule has 1 aromatic carbocycles. The molecule has 0 radical (unpaired) electrons. The number of nitrogens with zero attached hydrogens (tertiary/aromatic N) is 2. The van der Waals surface area contributed by atoms with Gasteiger partial charge >= 0.3 is 6.03 Å². The Kier molecular flexibility index (Phi) is 4.15. The van der Waals surface area contributed by atoms with Gasteiger partial charge in [-0.15, -0.1) is 0 Å². The van der Waals surface area contributed by atoms with E-state index in [-0.39, 0.29) is 6.03 Å². The molecule has 2 amide bonds. The molecular weight excluding hydrogens is 228 g/mol. The van der Waals surface area contributed by atoms with Gasteiger partial charge in [0, 0.05) is 32.7 Å². The largest absolute Gasteiger partial charge is 0.334 e. The van der Waals surface area contributed by atoms with E-state index in [4.69, 9.17) is 5.26 Å². The minimum absolute atomic E-state index is 0.0270. The average molecular weight is 244 g/mol. The predicted molar refractivity (Wildman–Crippen MR) is 67.8 cm³/mol. The zero-order valence-electron chi connectivity index (χ0n) is 10.1. The smallest absolute Gasteiger partial charge is 0.317 e. The number of rotatable bonds is 2. The average Bonchev–Trinajstić information content (AvgIpc) is 2.46. The molecule has 0 saturated carbocycles. The fourth-order valence-electron chi connectivity index (χ4n) is 1.85. The fraction of sp³-hybridized carbons (Fsp3) is 0.385. The van der Waals surface area contributed by atoms with Crippen molar-refractivity contribution in [1.29, 1.82) is 5.26 Å². The number of nitriles is 1. The summed E-state index contributed by atoms with van der Waals surface area (Å²) in [6.45, 7) is 3.70. The quantitative estimate of drug-likeness (QED) is 0.803. The maximum Gasteiger partial charge on any atom is 0.317 e. The van der Waals surface area contributed by atoms with E-state index in [1.807, 2.05) is 12.1 Å². The Morgan fingerprint density at radius 3 is 2.61 bits per heavy atom. The van der Waals surface area contributed by atoms with Crippen molar-refractivity contribution < 1.29 is 4.79 Å². The maximum absolute atomic E-state index is 11.8. The highest BCUT2D eigenvalue weighted by Gasteiger charge is 2.15. The van der Waals surface area contributed by atoms with Crippen molar-refractivity contribution in [3.8, 4) is 6.07 Å². The molecule has 5 heteroatoms. The summed E-state index contributed by atoms with van der Waals surface area (Å²) < 4.78 is 0. The van der Waals surface area contributed by atoms with Gasteiger partial charge in [0.1, 0.15) is 0 Å². The Balaban J connectivity index is 1.83. The van der Waals surface area contributed by atoms with Crippen LogP contribution in [-0.4, -0.2) is 37.1 Å². The predicted octanol–water partition coefficient (Wildman–Crippen LogP) is 0.673. The van der Waals surface area contributed by atoms with Crippen LogP contribution in [0.5, 0.6) is 0 Å². The lowest BCUT2D eigenvalue weighted by Gasteiger charge is -2.27. The maximum atomic E-state index is 11.8. The first-order valence-corrected chi connectivity index (χ1v) is 6.02. The van der Waals surface area contributed by atoms with E-state index >= 15 is 0 Å². The van der Waals surface area contributed by atoms with Gasteiger partial charge in [-0.3, -0.25) is 0 Å². The summed E-state index contributed by atoms with van der Waals surface area (Å²) in [7, 11) is 0. The van der Waals surface area contributed by atoms with Crippen molar-refractivity contribution in [3.05, 3.63) is 35.4 Å². The van der Waals surface area contributed by atoms with Crippen molar-refractivity contribution in [3.63, 3.8) is 0 Å². The number of piperazine rings is 1. The van der Waals surface area contributed by atoms with Crippen LogP contribution in [0.4, 0.5) is 4.79 Å². The van der Waals surface area contributed by atoms with Crippen LogP contribution in [0.2, 0.25) is 0 Å². The van der Waals surface area contributed by atoms with Gasteiger partial charge in [0.25, 0.3) is 0 Å². The van der Waals surface area contributed by atoms with Gasteiger partial charge < -0.3 is 15.5 Å².